The molecule has 0 bridgehead atoms. The van der Waals surface area contributed by atoms with Gasteiger partial charge in [0.2, 0.25) is 0 Å². The Labute approximate surface area is 180 Å². The van der Waals surface area contributed by atoms with Gasteiger partial charge in [0.15, 0.2) is 0 Å². The Kier molecular flexibility index (Phi) is 17.5. The zero-order chi connectivity index (χ0) is 22.0. The fourth-order valence-electron chi connectivity index (χ4n) is 3.26. The summed E-state index contributed by atoms with van der Waals surface area (Å²) in [5.74, 6) is 0.224. The zero-order valence-corrected chi connectivity index (χ0v) is 20.1. The van der Waals surface area contributed by atoms with Crippen molar-refractivity contribution >= 4 is 10.4 Å². The predicted octanol–water partition coefficient (Wildman–Crippen LogP) is 5.83. The lowest BCUT2D eigenvalue weighted by atomic mass is 10.0. The summed E-state index contributed by atoms with van der Waals surface area (Å²) >= 11 is 0. The van der Waals surface area contributed by atoms with Gasteiger partial charge in [-0.1, -0.05) is 85.0 Å². The van der Waals surface area contributed by atoms with E-state index in [2.05, 4.69) is 47.3 Å². The van der Waals surface area contributed by atoms with Crippen LogP contribution in [0.5, 0.6) is 0 Å². The van der Waals surface area contributed by atoms with Gasteiger partial charge in [-0.15, -0.1) is 0 Å². The molecule has 1 N–H and O–H groups in total. The number of unbranched alkanes of at least 4 members (excludes halogenated alkanes) is 8. The Morgan fingerprint density at radius 1 is 0.931 bits per heavy atom. The zero-order valence-electron chi connectivity index (χ0n) is 19.3. The van der Waals surface area contributed by atoms with Crippen LogP contribution in [0.15, 0.2) is 12.4 Å². The van der Waals surface area contributed by atoms with Crippen molar-refractivity contribution < 1.29 is 17.2 Å². The average molecular weight is 435 g/mol. The van der Waals surface area contributed by atoms with Crippen molar-refractivity contribution in [3.63, 3.8) is 0 Å². The maximum atomic E-state index is 10.3. The first-order chi connectivity index (χ1) is 13.8. The van der Waals surface area contributed by atoms with Crippen LogP contribution in [0.4, 0.5) is 0 Å². The van der Waals surface area contributed by atoms with Crippen LogP contribution < -0.4 is 0 Å². The minimum absolute atomic E-state index is 0.0926. The van der Waals surface area contributed by atoms with E-state index in [1.165, 1.54) is 57.9 Å². The number of nitrogens with zero attached hydrogens (tertiary/aromatic N) is 2. The molecule has 6 nitrogen and oxygen atoms in total. The fraction of sp³-hybridized carbons (Fsp3) is 0.909. The molecule has 174 valence electrons. The minimum Gasteiger partial charge on any atom is -0.362 e. The van der Waals surface area contributed by atoms with Gasteiger partial charge in [0.1, 0.15) is 0 Å². The van der Waals surface area contributed by atoms with E-state index in [4.69, 9.17) is 4.55 Å². The molecule has 0 aromatic carbocycles. The first-order valence-electron chi connectivity index (χ1n) is 11.6. The van der Waals surface area contributed by atoms with Gasteiger partial charge >= 0.3 is 10.4 Å². The molecule has 0 aromatic rings. The fourth-order valence-corrected chi connectivity index (χ4v) is 3.63. The highest BCUT2D eigenvalue weighted by molar-refractivity contribution is 7.80. The Bertz CT molecular complexity index is 497. The van der Waals surface area contributed by atoms with Crippen LogP contribution in [-0.2, 0) is 14.6 Å². The summed E-state index contributed by atoms with van der Waals surface area (Å²) in [6, 6.07) is 0. The molecule has 0 aromatic heterocycles. The summed E-state index contributed by atoms with van der Waals surface area (Å²) in [5, 5.41) is 0. The van der Waals surface area contributed by atoms with Crippen molar-refractivity contribution in [1.82, 2.24) is 9.80 Å². The Balaban J connectivity index is 0.000000555. The summed E-state index contributed by atoms with van der Waals surface area (Å²) in [4.78, 5) is 4.63. The van der Waals surface area contributed by atoms with Crippen LogP contribution in [0.2, 0.25) is 0 Å². The van der Waals surface area contributed by atoms with Crippen LogP contribution in [0.3, 0.4) is 0 Å². The minimum atomic E-state index is -4.25. The van der Waals surface area contributed by atoms with Crippen LogP contribution in [0.1, 0.15) is 97.8 Å². The molecule has 1 heterocycles. The van der Waals surface area contributed by atoms with Crippen LogP contribution >= 0.6 is 0 Å². The molecule has 29 heavy (non-hydrogen) atoms. The maximum absolute atomic E-state index is 10.3. The van der Waals surface area contributed by atoms with Gasteiger partial charge in [0.05, 0.1) is 13.3 Å². The third kappa shape index (κ3) is 18.9. The van der Waals surface area contributed by atoms with Gasteiger partial charge in [-0.2, -0.15) is 8.42 Å². The normalized spacial score (nSPS) is 14.8. The molecule has 0 amide bonds. The lowest BCUT2D eigenvalue weighted by Crippen LogP contribution is -2.23. The van der Waals surface area contributed by atoms with Gasteiger partial charge in [-0.05, 0) is 18.8 Å². The summed E-state index contributed by atoms with van der Waals surface area (Å²) < 4.78 is 33.2. The monoisotopic (exact) mass is 434 g/mol. The van der Waals surface area contributed by atoms with E-state index in [9.17, 15) is 8.42 Å². The van der Waals surface area contributed by atoms with Crippen molar-refractivity contribution in [2.24, 2.45) is 5.92 Å². The van der Waals surface area contributed by atoms with Gasteiger partial charge in [0.25, 0.3) is 0 Å². The van der Waals surface area contributed by atoms with Crippen molar-refractivity contribution in [3.8, 4) is 0 Å². The second-order valence-corrected chi connectivity index (χ2v) is 9.20. The van der Waals surface area contributed by atoms with E-state index in [-0.39, 0.29) is 12.5 Å². The van der Waals surface area contributed by atoms with Crippen molar-refractivity contribution in [2.75, 3.05) is 26.9 Å². The van der Waals surface area contributed by atoms with Gasteiger partial charge < -0.3 is 9.80 Å². The summed E-state index contributed by atoms with van der Waals surface area (Å²) in [7, 11) is -2.13. The van der Waals surface area contributed by atoms with Crippen molar-refractivity contribution in [1.29, 1.82) is 0 Å². The first kappa shape index (κ1) is 28.2. The predicted molar refractivity (Wildman–Crippen MR) is 122 cm³/mol. The molecule has 0 fully saturated rings. The average Bonchev–Trinajstić information content (AvgIpc) is 3.09. The van der Waals surface area contributed by atoms with Crippen LogP contribution in [0, 0.1) is 5.92 Å². The molecule has 1 unspecified atom stereocenters. The number of rotatable bonds is 16. The van der Waals surface area contributed by atoms with Crippen LogP contribution in [-0.4, -0.2) is 49.6 Å². The molecule has 0 spiro atoms. The SMILES string of the molecule is CCCCC(CC)COS(=O)(=O)O.CCCCCCCCCCN1C=CN(C)C1. The second-order valence-electron chi connectivity index (χ2n) is 8.11. The Morgan fingerprint density at radius 2 is 1.52 bits per heavy atom. The lowest BCUT2D eigenvalue weighted by Gasteiger charge is -2.17. The first-order valence-corrected chi connectivity index (χ1v) is 12.9. The molecule has 0 saturated heterocycles. The standard InChI is InChI=1S/C14H28N2.C8H18O4S/c1-3-4-5-6-7-8-9-10-11-16-13-12-15(2)14-16;1-3-5-6-8(4-2)7-12-13(9,10)11/h12-13H,3-11,14H2,1-2H3;8H,3-7H2,1-2H3,(H,9,10,11). The van der Waals surface area contributed by atoms with E-state index < -0.39 is 10.4 Å². The molecule has 0 saturated carbocycles. The van der Waals surface area contributed by atoms with Gasteiger partial charge in [-0.3, -0.25) is 4.55 Å². The Hall–Kier alpha value is -0.790. The molecule has 1 aliphatic heterocycles. The smallest absolute Gasteiger partial charge is 0.362 e. The topological polar surface area (TPSA) is 70.1 Å². The van der Waals surface area contributed by atoms with Crippen molar-refractivity contribution in [2.45, 2.75) is 97.8 Å². The molecule has 1 atom stereocenters. The summed E-state index contributed by atoms with van der Waals surface area (Å²) in [5.41, 5.74) is 0. The van der Waals surface area contributed by atoms with E-state index in [0.29, 0.717) is 0 Å². The third-order valence-corrected chi connectivity index (χ3v) is 5.67. The molecule has 7 heteroatoms. The lowest BCUT2D eigenvalue weighted by molar-refractivity contribution is 0.211. The van der Waals surface area contributed by atoms with Crippen molar-refractivity contribution in [3.05, 3.63) is 12.4 Å². The van der Waals surface area contributed by atoms with Crippen LogP contribution in [0.25, 0.3) is 0 Å². The molecular formula is C22H46N2O4S. The molecule has 1 aliphatic rings. The molecular weight excluding hydrogens is 388 g/mol. The largest absolute Gasteiger partial charge is 0.397 e. The highest BCUT2D eigenvalue weighted by Crippen LogP contribution is 2.13. The highest BCUT2D eigenvalue weighted by Gasteiger charge is 2.11. The van der Waals surface area contributed by atoms with E-state index in [1.807, 2.05) is 6.92 Å². The van der Waals surface area contributed by atoms with E-state index in [1.54, 1.807) is 0 Å². The highest BCUT2D eigenvalue weighted by atomic mass is 32.3. The molecule has 1 rings (SSSR count). The summed E-state index contributed by atoms with van der Waals surface area (Å²) in [6.07, 6.45) is 19.6. The van der Waals surface area contributed by atoms with E-state index >= 15 is 0 Å². The molecule has 0 aliphatic carbocycles. The summed E-state index contributed by atoms with van der Waals surface area (Å²) in [6.45, 7) is 8.74. The second kappa shape index (κ2) is 18.0. The quantitative estimate of drug-likeness (QED) is 0.244. The van der Waals surface area contributed by atoms with E-state index in [0.717, 1.165) is 32.4 Å². The maximum Gasteiger partial charge on any atom is 0.397 e. The number of hydrogen-bond acceptors (Lipinski definition) is 5. The van der Waals surface area contributed by atoms with Gasteiger partial charge in [-0.25, -0.2) is 4.18 Å². The third-order valence-electron chi connectivity index (χ3n) is 5.23. The molecule has 0 radical (unpaired) electrons. The number of hydrogen-bond donors (Lipinski definition) is 1. The Morgan fingerprint density at radius 3 is 2.00 bits per heavy atom. The van der Waals surface area contributed by atoms with Gasteiger partial charge in [0, 0.05) is 26.0 Å².